The van der Waals surface area contributed by atoms with Crippen LogP contribution in [0.3, 0.4) is 0 Å². The lowest BCUT2D eigenvalue weighted by molar-refractivity contribution is 0.387. The zero-order valence-electron chi connectivity index (χ0n) is 16.0. The zero-order chi connectivity index (χ0) is 21.7. The first-order chi connectivity index (χ1) is 15.0. The monoisotopic (exact) mass is 453 g/mol. The Balaban J connectivity index is 1.76. The van der Waals surface area contributed by atoms with Crippen LogP contribution in [0.15, 0.2) is 64.4 Å². The Labute approximate surface area is 183 Å². The van der Waals surface area contributed by atoms with Crippen molar-refractivity contribution < 1.29 is 9.13 Å². The molecule has 5 rings (SSSR count). The number of H-pyrrole nitrogens is 1. The van der Waals surface area contributed by atoms with Crippen molar-refractivity contribution in [1.82, 2.24) is 14.5 Å². The summed E-state index contributed by atoms with van der Waals surface area (Å²) in [5, 5.41) is 1.80. The highest BCUT2D eigenvalue weighted by atomic mass is 35.5. The number of benzene rings is 2. The van der Waals surface area contributed by atoms with Crippen molar-refractivity contribution in [3.05, 3.63) is 86.5 Å². The maximum atomic E-state index is 14.2. The molecule has 0 saturated heterocycles. The van der Waals surface area contributed by atoms with Crippen LogP contribution in [0.25, 0.3) is 37.1 Å². The van der Waals surface area contributed by atoms with Crippen molar-refractivity contribution in [3.63, 3.8) is 0 Å². The number of hydrogen-bond acceptors (Lipinski definition) is 5. The highest BCUT2D eigenvalue weighted by Crippen LogP contribution is 2.38. The van der Waals surface area contributed by atoms with Gasteiger partial charge in [0.2, 0.25) is 0 Å². The molecule has 0 unspecified atom stereocenters. The molecule has 0 atom stereocenters. The van der Waals surface area contributed by atoms with Gasteiger partial charge in [-0.3, -0.25) is 9.78 Å². The summed E-state index contributed by atoms with van der Waals surface area (Å²) in [5.41, 5.74) is 0.0616. The number of nitrogens with zero attached hydrogens (tertiary/aromatic N) is 2. The normalized spacial score (nSPS) is 11.3. The van der Waals surface area contributed by atoms with E-state index >= 15 is 0 Å². The third-order valence-corrected chi connectivity index (χ3v) is 6.44. The van der Waals surface area contributed by atoms with E-state index in [9.17, 15) is 14.0 Å². The molecule has 0 aliphatic carbocycles. The van der Waals surface area contributed by atoms with Crippen LogP contribution in [-0.2, 0) is 0 Å². The van der Waals surface area contributed by atoms with E-state index in [0.29, 0.717) is 26.3 Å². The first kappa shape index (κ1) is 19.5. The molecule has 1 N–H and O–H groups in total. The second-order valence-electron chi connectivity index (χ2n) is 6.77. The first-order valence-electron chi connectivity index (χ1n) is 9.13. The van der Waals surface area contributed by atoms with Crippen molar-refractivity contribution in [2.45, 2.75) is 0 Å². The summed E-state index contributed by atoms with van der Waals surface area (Å²) in [6.45, 7) is 0. The van der Waals surface area contributed by atoms with E-state index in [1.54, 1.807) is 12.3 Å². The summed E-state index contributed by atoms with van der Waals surface area (Å²) in [4.78, 5) is 33.6. The summed E-state index contributed by atoms with van der Waals surface area (Å²) < 4.78 is 20.6. The molecular weight excluding hydrogens is 441 g/mol. The summed E-state index contributed by atoms with van der Waals surface area (Å²) in [6.07, 6.45) is 3.15. The number of rotatable bonds is 3. The Morgan fingerprint density at radius 3 is 2.77 bits per heavy atom. The highest BCUT2D eigenvalue weighted by molar-refractivity contribution is 7.22. The number of nitrogens with one attached hydrogen (secondary N) is 1. The third kappa shape index (κ3) is 3.11. The van der Waals surface area contributed by atoms with E-state index < -0.39 is 17.1 Å². The van der Waals surface area contributed by atoms with Crippen LogP contribution in [0, 0.1) is 5.82 Å². The Kier molecular flexibility index (Phi) is 4.60. The average Bonchev–Trinajstić information content (AvgIpc) is 3.19. The van der Waals surface area contributed by atoms with Gasteiger partial charge in [-0.15, -0.1) is 11.3 Å². The molecule has 0 bridgehead atoms. The van der Waals surface area contributed by atoms with Gasteiger partial charge in [0.05, 0.1) is 29.5 Å². The molecular formula is C22H13ClFN3O3S. The van der Waals surface area contributed by atoms with Gasteiger partial charge in [-0.05, 0) is 12.1 Å². The highest BCUT2D eigenvalue weighted by Gasteiger charge is 2.18. The number of thiophene rings is 1. The van der Waals surface area contributed by atoms with Gasteiger partial charge < -0.3 is 9.72 Å². The van der Waals surface area contributed by atoms with Crippen LogP contribution in [-0.4, -0.2) is 21.6 Å². The number of halogens is 2. The Morgan fingerprint density at radius 1 is 1.16 bits per heavy atom. The lowest BCUT2D eigenvalue weighted by Crippen LogP contribution is -2.33. The minimum Gasteiger partial charge on any atom is -0.494 e. The Hall–Kier alpha value is -3.49. The quantitative estimate of drug-likeness (QED) is 0.427. The predicted octanol–water partition coefficient (Wildman–Crippen LogP) is 4.76. The number of aromatic nitrogens is 3. The summed E-state index contributed by atoms with van der Waals surface area (Å²) >= 11 is 7.42. The van der Waals surface area contributed by atoms with Gasteiger partial charge in [-0.25, -0.2) is 13.8 Å². The van der Waals surface area contributed by atoms with Crippen molar-refractivity contribution in [2.75, 3.05) is 7.11 Å². The molecule has 31 heavy (non-hydrogen) atoms. The van der Waals surface area contributed by atoms with Gasteiger partial charge in [0.15, 0.2) is 11.6 Å². The molecule has 0 spiro atoms. The molecule has 5 aromatic rings. The van der Waals surface area contributed by atoms with Gasteiger partial charge in [0.25, 0.3) is 5.56 Å². The number of aromatic amines is 1. The second kappa shape index (κ2) is 7.33. The fraction of sp³-hybridized carbons (Fsp3) is 0.0455. The minimum atomic E-state index is -0.591. The van der Waals surface area contributed by atoms with Gasteiger partial charge in [0.1, 0.15) is 4.70 Å². The Morgan fingerprint density at radius 2 is 1.97 bits per heavy atom. The van der Waals surface area contributed by atoms with Crippen molar-refractivity contribution in [1.29, 1.82) is 0 Å². The largest absolute Gasteiger partial charge is 0.494 e. The van der Waals surface area contributed by atoms with E-state index in [1.807, 2.05) is 24.3 Å². The lowest BCUT2D eigenvalue weighted by Gasteiger charge is -2.07. The molecule has 0 amide bonds. The number of methoxy groups -OCH3 is 1. The molecule has 0 aliphatic rings. The standard InChI is InChI=1S/C22H13ClFN3O3S/c1-30-18-7-14(23)13(6-15(18)24)19-8-16-20(31-19)21(28)27(22(29)26-16)17-10-25-9-11-4-2-3-5-12(11)17/h2-10H,1H3,(H,26,29). The van der Waals surface area contributed by atoms with Crippen LogP contribution in [0.1, 0.15) is 0 Å². The SMILES string of the molecule is COc1cc(Cl)c(-c2cc3[nH]c(=O)n(-c4cncc5ccccc45)c(=O)c3s2)cc1F. The fourth-order valence-electron chi connectivity index (χ4n) is 3.51. The number of hydrogen-bond donors (Lipinski definition) is 1. The molecule has 2 aromatic carbocycles. The smallest absolute Gasteiger partial charge is 0.333 e. The van der Waals surface area contributed by atoms with Crippen LogP contribution in [0.2, 0.25) is 5.02 Å². The van der Waals surface area contributed by atoms with Crippen LogP contribution >= 0.6 is 22.9 Å². The van der Waals surface area contributed by atoms with Crippen LogP contribution < -0.4 is 16.0 Å². The van der Waals surface area contributed by atoms with E-state index in [0.717, 1.165) is 26.7 Å². The van der Waals surface area contributed by atoms with E-state index in [-0.39, 0.29) is 10.8 Å². The van der Waals surface area contributed by atoms with Crippen molar-refractivity contribution in [2.24, 2.45) is 0 Å². The van der Waals surface area contributed by atoms with Crippen LogP contribution in [0.5, 0.6) is 5.75 Å². The number of pyridine rings is 1. The van der Waals surface area contributed by atoms with E-state index in [4.69, 9.17) is 16.3 Å². The molecule has 0 radical (unpaired) electrons. The van der Waals surface area contributed by atoms with E-state index in [1.165, 1.54) is 25.4 Å². The van der Waals surface area contributed by atoms with Gasteiger partial charge in [-0.2, -0.15) is 0 Å². The molecule has 9 heteroatoms. The minimum absolute atomic E-state index is 0.0223. The number of fused-ring (bicyclic) bond motifs is 2. The van der Waals surface area contributed by atoms with Gasteiger partial charge in [0, 0.05) is 33.5 Å². The summed E-state index contributed by atoms with van der Waals surface area (Å²) in [6, 6.07) is 11.6. The Bertz CT molecular complexity index is 1600. The van der Waals surface area contributed by atoms with E-state index in [2.05, 4.69) is 9.97 Å². The molecule has 0 saturated carbocycles. The maximum absolute atomic E-state index is 14.2. The molecule has 0 aliphatic heterocycles. The van der Waals surface area contributed by atoms with Crippen molar-refractivity contribution in [3.8, 4) is 21.9 Å². The topological polar surface area (TPSA) is 77.0 Å². The molecule has 154 valence electrons. The fourth-order valence-corrected chi connectivity index (χ4v) is 4.90. The molecule has 0 fully saturated rings. The second-order valence-corrected chi connectivity index (χ2v) is 8.23. The van der Waals surface area contributed by atoms with Gasteiger partial charge >= 0.3 is 5.69 Å². The van der Waals surface area contributed by atoms with Crippen LogP contribution in [0.4, 0.5) is 4.39 Å². The van der Waals surface area contributed by atoms with Crippen molar-refractivity contribution >= 4 is 43.9 Å². The molecule has 3 heterocycles. The molecule has 6 nitrogen and oxygen atoms in total. The summed E-state index contributed by atoms with van der Waals surface area (Å²) in [5.74, 6) is -0.554. The lowest BCUT2D eigenvalue weighted by atomic mass is 10.1. The number of ether oxygens (including phenoxy) is 1. The average molecular weight is 454 g/mol. The predicted molar refractivity (Wildman–Crippen MR) is 120 cm³/mol. The molecule has 3 aromatic heterocycles. The first-order valence-corrected chi connectivity index (χ1v) is 10.3. The zero-order valence-corrected chi connectivity index (χ0v) is 17.6. The third-order valence-electron chi connectivity index (χ3n) is 4.97. The maximum Gasteiger partial charge on any atom is 0.333 e. The van der Waals surface area contributed by atoms with Gasteiger partial charge in [-0.1, -0.05) is 35.9 Å². The summed E-state index contributed by atoms with van der Waals surface area (Å²) in [7, 11) is 1.35.